The highest BCUT2D eigenvalue weighted by molar-refractivity contribution is 9.10. The Labute approximate surface area is 136 Å². The topological polar surface area (TPSA) is 75.6 Å². The van der Waals surface area contributed by atoms with E-state index >= 15 is 0 Å². The van der Waals surface area contributed by atoms with E-state index in [9.17, 15) is 9.59 Å². The van der Waals surface area contributed by atoms with Crippen LogP contribution in [-0.2, 0) is 9.59 Å². The minimum absolute atomic E-state index is 0.124. The summed E-state index contributed by atoms with van der Waals surface area (Å²) >= 11 is 4.87. The minimum Gasteiger partial charge on any atom is -0.493 e. The van der Waals surface area contributed by atoms with Crippen LogP contribution in [0.4, 0.5) is 0 Å². The molecule has 0 aromatic heterocycles. The van der Waals surface area contributed by atoms with Gasteiger partial charge in [0.1, 0.15) is 11.8 Å². The van der Waals surface area contributed by atoms with Crippen LogP contribution in [0.3, 0.4) is 0 Å². The zero-order valence-electron chi connectivity index (χ0n) is 11.7. The van der Waals surface area contributed by atoms with E-state index in [1.807, 2.05) is 18.4 Å². The van der Waals surface area contributed by atoms with Gasteiger partial charge in [0.15, 0.2) is 0 Å². The monoisotopic (exact) mass is 375 g/mol. The molecule has 0 fully saturated rings. The van der Waals surface area contributed by atoms with Crippen LogP contribution in [0.1, 0.15) is 12.8 Å². The van der Waals surface area contributed by atoms with Gasteiger partial charge in [0, 0.05) is 4.47 Å². The van der Waals surface area contributed by atoms with Gasteiger partial charge in [-0.15, -0.1) is 0 Å². The standard InChI is InChI=1S/C14H18BrNO4S/c1-21-9-7-12(14(18)19)16-13(17)6-8-20-11-4-2-10(15)3-5-11/h2-5,12H,6-9H2,1H3,(H,16,17)(H,18,19)/t12-/m0/s1. The largest absolute Gasteiger partial charge is 0.493 e. The first-order chi connectivity index (χ1) is 10.0. The quantitative estimate of drug-likeness (QED) is 0.693. The summed E-state index contributed by atoms with van der Waals surface area (Å²) in [5.74, 6) is 0.0297. The van der Waals surface area contributed by atoms with Crippen molar-refractivity contribution in [1.29, 1.82) is 0 Å². The van der Waals surface area contributed by atoms with Gasteiger partial charge >= 0.3 is 5.97 Å². The molecule has 116 valence electrons. The van der Waals surface area contributed by atoms with E-state index < -0.39 is 12.0 Å². The lowest BCUT2D eigenvalue weighted by atomic mass is 10.2. The smallest absolute Gasteiger partial charge is 0.326 e. The van der Waals surface area contributed by atoms with E-state index in [4.69, 9.17) is 9.84 Å². The third kappa shape index (κ3) is 7.38. The van der Waals surface area contributed by atoms with Gasteiger partial charge in [-0.3, -0.25) is 4.79 Å². The number of carbonyl (C=O) groups is 2. The van der Waals surface area contributed by atoms with Crippen LogP contribution >= 0.6 is 27.7 Å². The Kier molecular flexibility index (Phi) is 8.22. The van der Waals surface area contributed by atoms with Gasteiger partial charge in [-0.1, -0.05) is 15.9 Å². The molecule has 1 atom stereocenters. The SMILES string of the molecule is CSCC[C@H](NC(=O)CCOc1ccc(Br)cc1)C(=O)O. The Morgan fingerprint density at radius 2 is 2.05 bits per heavy atom. The summed E-state index contributed by atoms with van der Waals surface area (Å²) < 4.78 is 6.37. The minimum atomic E-state index is -1.01. The van der Waals surface area contributed by atoms with Gasteiger partial charge in [0.2, 0.25) is 5.91 Å². The fraction of sp³-hybridized carbons (Fsp3) is 0.429. The van der Waals surface area contributed by atoms with Crippen molar-refractivity contribution in [1.82, 2.24) is 5.32 Å². The number of rotatable bonds is 9. The van der Waals surface area contributed by atoms with Crippen molar-refractivity contribution < 1.29 is 19.4 Å². The lowest BCUT2D eigenvalue weighted by Crippen LogP contribution is -2.41. The summed E-state index contributed by atoms with van der Waals surface area (Å²) in [5, 5.41) is 11.5. The molecule has 0 heterocycles. The third-order valence-corrected chi connectivity index (χ3v) is 3.83. The zero-order chi connectivity index (χ0) is 15.7. The van der Waals surface area contributed by atoms with E-state index in [0.717, 1.165) is 4.47 Å². The fourth-order valence-corrected chi connectivity index (χ4v) is 2.29. The number of amides is 1. The molecule has 0 aliphatic carbocycles. The number of ether oxygens (including phenoxy) is 1. The number of carboxylic acids is 1. The molecule has 0 aliphatic rings. The number of carboxylic acid groups (broad SMARTS) is 1. The second-order valence-electron chi connectivity index (χ2n) is 4.29. The number of nitrogens with one attached hydrogen (secondary N) is 1. The van der Waals surface area contributed by atoms with Gasteiger partial charge in [-0.25, -0.2) is 4.79 Å². The second kappa shape index (κ2) is 9.68. The average molecular weight is 376 g/mol. The Morgan fingerprint density at radius 3 is 2.62 bits per heavy atom. The van der Waals surface area contributed by atoms with Crippen molar-refractivity contribution in [3.63, 3.8) is 0 Å². The third-order valence-electron chi connectivity index (χ3n) is 2.66. The molecule has 1 aromatic carbocycles. The highest BCUT2D eigenvalue weighted by Gasteiger charge is 2.19. The Balaban J connectivity index is 2.32. The molecule has 0 saturated carbocycles. The van der Waals surface area contributed by atoms with Gasteiger partial charge in [0.05, 0.1) is 13.0 Å². The van der Waals surface area contributed by atoms with Crippen LogP contribution in [0.25, 0.3) is 0 Å². The van der Waals surface area contributed by atoms with Gasteiger partial charge in [-0.2, -0.15) is 11.8 Å². The van der Waals surface area contributed by atoms with Crippen molar-refractivity contribution >= 4 is 39.6 Å². The number of hydrogen-bond acceptors (Lipinski definition) is 4. The molecule has 0 aliphatic heterocycles. The van der Waals surface area contributed by atoms with Crippen molar-refractivity contribution in [3.8, 4) is 5.75 Å². The number of aliphatic carboxylic acids is 1. The van der Waals surface area contributed by atoms with Crippen LogP contribution < -0.4 is 10.1 Å². The maximum atomic E-state index is 11.7. The first-order valence-corrected chi connectivity index (χ1v) is 8.61. The summed E-state index contributed by atoms with van der Waals surface area (Å²) in [6, 6.07) is 6.44. The van der Waals surface area contributed by atoms with E-state index in [0.29, 0.717) is 17.9 Å². The van der Waals surface area contributed by atoms with Gasteiger partial charge < -0.3 is 15.2 Å². The maximum absolute atomic E-state index is 11.7. The van der Waals surface area contributed by atoms with Crippen LogP contribution in [0.15, 0.2) is 28.7 Å². The van der Waals surface area contributed by atoms with Crippen molar-refractivity contribution in [2.45, 2.75) is 18.9 Å². The number of thioether (sulfide) groups is 1. The molecule has 0 spiro atoms. The molecular formula is C14H18BrNO4S. The first-order valence-electron chi connectivity index (χ1n) is 6.42. The summed E-state index contributed by atoms with van der Waals surface area (Å²) in [6.45, 7) is 0.211. The summed E-state index contributed by atoms with van der Waals surface area (Å²) in [7, 11) is 0. The number of hydrogen-bond donors (Lipinski definition) is 2. The van der Waals surface area contributed by atoms with E-state index in [1.54, 1.807) is 23.9 Å². The molecule has 2 N–H and O–H groups in total. The predicted molar refractivity (Wildman–Crippen MR) is 86.8 cm³/mol. The fourth-order valence-electron chi connectivity index (χ4n) is 1.55. The highest BCUT2D eigenvalue weighted by Crippen LogP contribution is 2.16. The first kappa shape index (κ1) is 17.8. The molecule has 5 nitrogen and oxygen atoms in total. The molecule has 21 heavy (non-hydrogen) atoms. The van der Waals surface area contributed by atoms with Crippen molar-refractivity contribution in [2.24, 2.45) is 0 Å². The lowest BCUT2D eigenvalue weighted by Gasteiger charge is -2.14. The van der Waals surface area contributed by atoms with Crippen molar-refractivity contribution in [3.05, 3.63) is 28.7 Å². The van der Waals surface area contributed by atoms with E-state index in [2.05, 4.69) is 21.2 Å². The number of carbonyl (C=O) groups excluding carboxylic acids is 1. The lowest BCUT2D eigenvalue weighted by molar-refractivity contribution is -0.141. The molecule has 0 unspecified atom stereocenters. The molecule has 1 aromatic rings. The molecule has 0 bridgehead atoms. The highest BCUT2D eigenvalue weighted by atomic mass is 79.9. The molecule has 0 saturated heterocycles. The van der Waals surface area contributed by atoms with E-state index in [-0.39, 0.29) is 18.9 Å². The summed E-state index contributed by atoms with van der Waals surface area (Å²) in [4.78, 5) is 22.7. The molecule has 1 amide bonds. The van der Waals surface area contributed by atoms with Crippen LogP contribution in [-0.4, -0.2) is 41.6 Å². The van der Waals surface area contributed by atoms with Crippen molar-refractivity contribution in [2.75, 3.05) is 18.6 Å². The Hall–Kier alpha value is -1.21. The predicted octanol–water partition coefficient (Wildman–Crippen LogP) is 2.54. The van der Waals surface area contributed by atoms with Crippen LogP contribution in [0.2, 0.25) is 0 Å². The second-order valence-corrected chi connectivity index (χ2v) is 6.19. The van der Waals surface area contributed by atoms with Crippen LogP contribution in [0.5, 0.6) is 5.75 Å². The molecule has 0 radical (unpaired) electrons. The van der Waals surface area contributed by atoms with Crippen LogP contribution in [0, 0.1) is 0 Å². The Bertz CT molecular complexity index is 467. The normalized spacial score (nSPS) is 11.7. The average Bonchev–Trinajstić information content (AvgIpc) is 2.45. The van der Waals surface area contributed by atoms with Gasteiger partial charge in [-0.05, 0) is 42.7 Å². The van der Waals surface area contributed by atoms with E-state index in [1.165, 1.54) is 0 Å². The molecular weight excluding hydrogens is 358 g/mol. The van der Waals surface area contributed by atoms with Gasteiger partial charge in [0.25, 0.3) is 0 Å². The number of halogens is 1. The molecule has 7 heteroatoms. The Morgan fingerprint density at radius 1 is 1.38 bits per heavy atom. The summed E-state index contributed by atoms with van der Waals surface area (Å²) in [6.07, 6.45) is 2.43. The number of benzene rings is 1. The maximum Gasteiger partial charge on any atom is 0.326 e. The molecule has 1 rings (SSSR count). The zero-order valence-corrected chi connectivity index (χ0v) is 14.1. The summed E-state index contributed by atoms with van der Waals surface area (Å²) in [5.41, 5.74) is 0.